The van der Waals surface area contributed by atoms with Crippen molar-refractivity contribution in [1.29, 1.82) is 0 Å². The molecule has 4 rings (SSSR count). The molecule has 2 aliphatic rings. The quantitative estimate of drug-likeness (QED) is 0.316. The van der Waals surface area contributed by atoms with Crippen LogP contribution in [0.3, 0.4) is 0 Å². The molecule has 2 unspecified atom stereocenters. The third-order valence-electron chi connectivity index (χ3n) is 9.64. The topological polar surface area (TPSA) is 0 Å². The number of hydrogen-bond donors (Lipinski definition) is 0. The molecule has 0 saturated heterocycles. The molecule has 2 aliphatic carbocycles. The van der Waals surface area contributed by atoms with Gasteiger partial charge in [-0.25, -0.2) is 0 Å². The van der Waals surface area contributed by atoms with Gasteiger partial charge in [-0.1, -0.05) is 0 Å². The molecule has 0 bridgehead atoms. The van der Waals surface area contributed by atoms with E-state index in [1.165, 1.54) is 0 Å². The van der Waals surface area contributed by atoms with E-state index in [1.54, 1.807) is 44.5 Å². The van der Waals surface area contributed by atoms with Gasteiger partial charge in [-0.15, -0.1) is 0 Å². The van der Waals surface area contributed by atoms with Crippen LogP contribution in [0, 0.1) is 11.8 Å². The molecule has 0 spiro atoms. The van der Waals surface area contributed by atoms with Gasteiger partial charge in [-0.2, -0.15) is 0 Å². The van der Waals surface area contributed by atoms with Gasteiger partial charge in [0, 0.05) is 0 Å². The second-order valence-corrected chi connectivity index (χ2v) is 70.9. The van der Waals surface area contributed by atoms with Gasteiger partial charge in [-0.3, -0.25) is 0 Å². The molecule has 32 heavy (non-hydrogen) atoms. The molecule has 0 fully saturated rings. The number of hydrogen-bond acceptors (Lipinski definition) is 0. The minimum absolute atomic E-state index is 0.582. The first-order chi connectivity index (χ1) is 14.9. The summed E-state index contributed by atoms with van der Waals surface area (Å²) in [6, 6.07) is 18.9. The molecule has 0 heterocycles. The van der Waals surface area contributed by atoms with Crippen molar-refractivity contribution in [3.8, 4) is 0 Å². The SMILES string of the molecule is CC1=C(C(C)C)c2ccccc2[CH]1[Zr]([CH3])([CH3])([CH]1C(C)=C(C(C)C)c2ccccc21)[GeH]([CH3])[CH3]. The van der Waals surface area contributed by atoms with Crippen LogP contribution in [0.1, 0.15) is 71.0 Å². The number of fused-ring (bicyclic) bond motifs is 2. The van der Waals surface area contributed by atoms with Crippen molar-refractivity contribution in [2.75, 3.05) is 0 Å². The maximum absolute atomic E-state index is 3.42. The molecule has 2 aromatic carbocycles. The Morgan fingerprint density at radius 3 is 1.31 bits per heavy atom. The van der Waals surface area contributed by atoms with Crippen molar-refractivity contribution in [3.05, 3.63) is 81.9 Å². The van der Waals surface area contributed by atoms with Crippen LogP contribution >= 0.6 is 0 Å². The maximum atomic E-state index is 2.90. The zero-order chi connectivity index (χ0) is 23.6. The second kappa shape index (κ2) is 8.23. The van der Waals surface area contributed by atoms with Crippen molar-refractivity contribution >= 4 is 21.7 Å². The van der Waals surface area contributed by atoms with E-state index in [9.17, 15) is 0 Å². The van der Waals surface area contributed by atoms with Crippen molar-refractivity contribution in [2.45, 2.75) is 69.6 Å². The summed E-state index contributed by atoms with van der Waals surface area (Å²) in [6.07, 6.45) is 0. The second-order valence-electron chi connectivity index (χ2n) is 12.4. The molecule has 0 aromatic heterocycles. The summed E-state index contributed by atoms with van der Waals surface area (Å²) < 4.78 is 7.16. The van der Waals surface area contributed by atoms with E-state index < -0.39 is 26.8 Å². The predicted molar refractivity (Wildman–Crippen MR) is 144 cm³/mol. The minimum atomic E-state index is -3.42. The van der Waals surface area contributed by atoms with Crippen LogP contribution in [0.25, 0.3) is 11.1 Å². The average Bonchev–Trinajstić information content (AvgIpc) is 3.18. The zero-order valence-corrected chi connectivity index (χ0v) is 26.9. The summed E-state index contributed by atoms with van der Waals surface area (Å²) in [5, 5.41) is 0. The summed E-state index contributed by atoms with van der Waals surface area (Å²) in [6.45, 7) is 14.6. The van der Waals surface area contributed by atoms with Gasteiger partial charge in [-0.05, 0) is 0 Å². The van der Waals surface area contributed by atoms with Gasteiger partial charge in [0.2, 0.25) is 0 Å². The van der Waals surface area contributed by atoms with Crippen molar-refractivity contribution < 1.29 is 16.3 Å². The fourth-order valence-electron chi connectivity index (χ4n) is 7.90. The van der Waals surface area contributed by atoms with Crippen LogP contribution in [0.15, 0.2) is 59.7 Å². The predicted octanol–water partition coefficient (Wildman–Crippen LogP) is 9.12. The van der Waals surface area contributed by atoms with Gasteiger partial charge in [0.15, 0.2) is 0 Å². The summed E-state index contributed by atoms with van der Waals surface area (Å²) in [7, 11) is -1.59. The Labute approximate surface area is 200 Å². The van der Waals surface area contributed by atoms with Crippen LogP contribution in [-0.4, -0.2) is 10.6 Å². The molecule has 171 valence electrons. The zero-order valence-electron chi connectivity index (χ0n) is 22.0. The molecule has 0 saturated carbocycles. The van der Waals surface area contributed by atoms with Crippen molar-refractivity contribution in [2.24, 2.45) is 11.8 Å². The molecular weight excluding hydrogens is 524 g/mol. The van der Waals surface area contributed by atoms with E-state index in [4.69, 9.17) is 0 Å². The molecule has 0 radical (unpaired) electrons. The third kappa shape index (κ3) is 3.24. The monoisotopic (exact) mass is 567 g/mol. The van der Waals surface area contributed by atoms with Crippen molar-refractivity contribution in [3.63, 3.8) is 0 Å². The first kappa shape index (κ1) is 24.5. The van der Waals surface area contributed by atoms with Gasteiger partial charge >= 0.3 is 201 Å². The van der Waals surface area contributed by atoms with Gasteiger partial charge in [0.1, 0.15) is 0 Å². The average molecular weight is 568 g/mol. The normalized spacial score (nSPS) is 22.1. The van der Waals surface area contributed by atoms with E-state index in [0.29, 0.717) is 19.1 Å². The third-order valence-corrected chi connectivity index (χ3v) is 84.7. The van der Waals surface area contributed by atoms with E-state index in [1.807, 2.05) is 0 Å². The first-order valence-corrected chi connectivity index (χ1v) is 33.9. The van der Waals surface area contributed by atoms with Crippen LogP contribution in [0.5, 0.6) is 0 Å². The molecule has 2 heteroatoms. The summed E-state index contributed by atoms with van der Waals surface area (Å²) in [4.78, 5) is 0. The Bertz CT molecular complexity index is 1050. The number of benzene rings is 2. The van der Waals surface area contributed by atoms with Crippen LogP contribution in [-0.2, 0) is 16.3 Å². The standard InChI is InChI=1S/2C13H15.C2H7Ge.2CH3.Zr/c2*1-9(2)13-10(3)8-11-6-4-5-7-12(11)13;1-3-2;;;/h2*4-9H,1-3H3;3H,1-2H3;2*1H3;. The summed E-state index contributed by atoms with van der Waals surface area (Å²) >= 11 is -3.42. The Morgan fingerprint density at radius 2 is 1.00 bits per heavy atom. The molecule has 2 aromatic rings. The Hall–Kier alpha value is -0.654. The van der Waals surface area contributed by atoms with E-state index in [0.717, 1.165) is 0 Å². The Kier molecular flexibility index (Phi) is 6.29. The molecule has 0 aliphatic heterocycles. The number of allylic oxidation sites excluding steroid dienone is 4. The molecule has 0 nitrogen and oxygen atoms in total. The molecule has 2 atom stereocenters. The van der Waals surface area contributed by atoms with Crippen LogP contribution < -0.4 is 0 Å². The molecule has 0 N–H and O–H groups in total. The molecule has 0 amide bonds. The van der Waals surface area contributed by atoms with Crippen molar-refractivity contribution in [1.82, 2.24) is 0 Å². The van der Waals surface area contributed by atoms with Crippen LogP contribution in [0.4, 0.5) is 0 Å². The van der Waals surface area contributed by atoms with E-state index in [-0.39, 0.29) is 0 Å². The fraction of sp³-hybridized carbons (Fsp3) is 0.467. The summed E-state index contributed by atoms with van der Waals surface area (Å²) in [5.41, 5.74) is 13.2. The fourth-order valence-corrected chi connectivity index (χ4v) is 52.8. The summed E-state index contributed by atoms with van der Waals surface area (Å²) in [5.74, 6) is 6.65. The Morgan fingerprint density at radius 1 is 0.656 bits per heavy atom. The van der Waals surface area contributed by atoms with Gasteiger partial charge < -0.3 is 0 Å². The van der Waals surface area contributed by atoms with Crippen LogP contribution in [0.2, 0.25) is 20.8 Å². The van der Waals surface area contributed by atoms with E-state index in [2.05, 4.69) is 111 Å². The van der Waals surface area contributed by atoms with Gasteiger partial charge in [0.05, 0.1) is 0 Å². The molecular formula is C30H43GeZr. The number of rotatable bonds is 5. The van der Waals surface area contributed by atoms with Gasteiger partial charge in [0.25, 0.3) is 0 Å². The first-order valence-electron chi connectivity index (χ1n) is 12.7. The van der Waals surface area contributed by atoms with E-state index >= 15 is 0 Å². The Balaban J connectivity index is 2.08.